The van der Waals surface area contributed by atoms with E-state index in [0.717, 1.165) is 19.2 Å². The number of nitrogens with zero attached hydrogens (tertiary/aromatic N) is 1. The number of ether oxygens (including phenoxy) is 1. The van der Waals surface area contributed by atoms with E-state index in [-0.39, 0.29) is 24.3 Å². The SMILES string of the molecule is [CH2]C(C=CCC(=O)OC=C)N1CCCC1=O. The van der Waals surface area contributed by atoms with E-state index in [1.165, 1.54) is 0 Å². The van der Waals surface area contributed by atoms with Gasteiger partial charge in [0.25, 0.3) is 0 Å². The third-order valence-corrected chi connectivity index (χ3v) is 2.37. The lowest BCUT2D eigenvalue weighted by molar-refractivity contribution is -0.137. The highest BCUT2D eigenvalue weighted by atomic mass is 16.5. The number of esters is 1. The summed E-state index contributed by atoms with van der Waals surface area (Å²) in [5.41, 5.74) is 0. The Kier molecular flexibility index (Phi) is 4.76. The smallest absolute Gasteiger partial charge is 0.314 e. The maximum Gasteiger partial charge on any atom is 0.314 e. The van der Waals surface area contributed by atoms with Crippen LogP contribution < -0.4 is 0 Å². The molecule has 1 rings (SSSR count). The Bertz CT molecular complexity index is 309. The van der Waals surface area contributed by atoms with E-state index in [1.54, 1.807) is 17.1 Å². The lowest BCUT2D eigenvalue weighted by atomic mass is 10.2. The highest BCUT2D eigenvalue weighted by Gasteiger charge is 2.23. The molecule has 0 saturated carbocycles. The van der Waals surface area contributed by atoms with E-state index in [0.29, 0.717) is 6.42 Å². The molecule has 87 valence electrons. The standard InChI is InChI=1S/C12H16NO3/c1-3-16-12(15)8-4-6-10(2)13-9-5-7-11(13)14/h3-4,6,10H,1-2,5,7-9H2. The summed E-state index contributed by atoms with van der Waals surface area (Å²) < 4.78 is 4.54. The summed E-state index contributed by atoms with van der Waals surface area (Å²) in [5, 5.41) is 0. The van der Waals surface area contributed by atoms with Gasteiger partial charge >= 0.3 is 5.97 Å². The van der Waals surface area contributed by atoms with Crippen LogP contribution in [0.2, 0.25) is 0 Å². The molecule has 1 heterocycles. The first kappa shape index (κ1) is 12.5. The molecule has 1 unspecified atom stereocenters. The molecule has 0 aromatic carbocycles. The summed E-state index contributed by atoms with van der Waals surface area (Å²) in [4.78, 5) is 24.0. The van der Waals surface area contributed by atoms with Gasteiger partial charge in [-0.15, -0.1) is 0 Å². The molecule has 1 radical (unpaired) electrons. The quantitative estimate of drug-likeness (QED) is 0.402. The van der Waals surface area contributed by atoms with Crippen LogP contribution in [-0.2, 0) is 14.3 Å². The molecule has 0 N–H and O–H groups in total. The van der Waals surface area contributed by atoms with Crippen LogP contribution in [0.15, 0.2) is 25.0 Å². The molecule has 4 heteroatoms. The number of hydrogen-bond acceptors (Lipinski definition) is 3. The predicted octanol–water partition coefficient (Wildman–Crippen LogP) is 1.44. The molecule has 4 nitrogen and oxygen atoms in total. The Morgan fingerprint density at radius 1 is 1.62 bits per heavy atom. The Labute approximate surface area is 95.6 Å². The minimum Gasteiger partial charge on any atom is -0.435 e. The maximum atomic E-state index is 11.4. The topological polar surface area (TPSA) is 46.6 Å². The van der Waals surface area contributed by atoms with Gasteiger partial charge in [0, 0.05) is 13.0 Å². The average molecular weight is 222 g/mol. The lowest BCUT2D eigenvalue weighted by Crippen LogP contribution is -2.32. The van der Waals surface area contributed by atoms with Crippen molar-refractivity contribution < 1.29 is 14.3 Å². The summed E-state index contributed by atoms with van der Waals surface area (Å²) in [6.07, 6.45) is 6.15. The largest absolute Gasteiger partial charge is 0.435 e. The van der Waals surface area contributed by atoms with Gasteiger partial charge in [0.15, 0.2) is 0 Å². The van der Waals surface area contributed by atoms with Crippen LogP contribution in [-0.4, -0.2) is 29.4 Å². The third kappa shape index (κ3) is 3.53. The van der Waals surface area contributed by atoms with Gasteiger partial charge in [-0.1, -0.05) is 18.7 Å². The molecule has 1 saturated heterocycles. The summed E-state index contributed by atoms with van der Waals surface area (Å²) >= 11 is 0. The zero-order valence-electron chi connectivity index (χ0n) is 9.22. The van der Waals surface area contributed by atoms with Gasteiger partial charge in [0.1, 0.15) is 0 Å². The van der Waals surface area contributed by atoms with Crippen molar-refractivity contribution in [1.82, 2.24) is 4.90 Å². The Morgan fingerprint density at radius 3 is 2.94 bits per heavy atom. The van der Waals surface area contributed by atoms with Crippen LogP contribution >= 0.6 is 0 Å². The highest BCUT2D eigenvalue weighted by Crippen LogP contribution is 2.13. The van der Waals surface area contributed by atoms with Gasteiger partial charge in [-0.2, -0.15) is 0 Å². The van der Waals surface area contributed by atoms with Crippen LogP contribution in [0.4, 0.5) is 0 Å². The predicted molar refractivity (Wildman–Crippen MR) is 60.1 cm³/mol. The molecule has 0 aromatic heterocycles. The molecule has 16 heavy (non-hydrogen) atoms. The molecule has 0 aliphatic carbocycles. The first-order valence-corrected chi connectivity index (χ1v) is 5.24. The molecule has 1 amide bonds. The van der Waals surface area contributed by atoms with Crippen molar-refractivity contribution in [2.45, 2.75) is 25.3 Å². The first-order chi connectivity index (χ1) is 7.65. The monoisotopic (exact) mass is 222 g/mol. The second-order valence-corrected chi connectivity index (χ2v) is 3.55. The number of likely N-dealkylation sites (tertiary alicyclic amines) is 1. The van der Waals surface area contributed by atoms with Crippen LogP contribution in [0, 0.1) is 6.92 Å². The average Bonchev–Trinajstić information content (AvgIpc) is 2.64. The van der Waals surface area contributed by atoms with E-state index < -0.39 is 0 Å². The second kappa shape index (κ2) is 6.10. The Morgan fingerprint density at radius 2 is 2.38 bits per heavy atom. The van der Waals surface area contributed by atoms with Gasteiger partial charge in [0.05, 0.1) is 18.7 Å². The molecule has 0 spiro atoms. The van der Waals surface area contributed by atoms with Gasteiger partial charge in [0.2, 0.25) is 5.91 Å². The number of carbonyl (C=O) groups is 2. The van der Waals surface area contributed by atoms with E-state index >= 15 is 0 Å². The first-order valence-electron chi connectivity index (χ1n) is 5.24. The lowest BCUT2D eigenvalue weighted by Gasteiger charge is -2.20. The number of rotatable bonds is 5. The molecule has 1 fully saturated rings. The second-order valence-electron chi connectivity index (χ2n) is 3.55. The van der Waals surface area contributed by atoms with E-state index in [4.69, 9.17) is 0 Å². The van der Waals surface area contributed by atoms with E-state index in [9.17, 15) is 9.59 Å². The minimum atomic E-state index is -0.369. The van der Waals surface area contributed by atoms with Crippen molar-refractivity contribution in [3.05, 3.63) is 31.9 Å². The van der Waals surface area contributed by atoms with Crippen LogP contribution in [0.3, 0.4) is 0 Å². The molecule has 0 bridgehead atoms. The molecule has 1 atom stereocenters. The molecular weight excluding hydrogens is 206 g/mol. The minimum absolute atomic E-state index is 0.123. The van der Waals surface area contributed by atoms with Gasteiger partial charge < -0.3 is 9.64 Å². The number of carbonyl (C=O) groups excluding carboxylic acids is 2. The molecule has 1 aliphatic heterocycles. The fraction of sp³-hybridized carbons (Fsp3) is 0.417. The van der Waals surface area contributed by atoms with Crippen molar-refractivity contribution in [3.8, 4) is 0 Å². The summed E-state index contributed by atoms with van der Waals surface area (Å²) in [5.74, 6) is -0.246. The zero-order valence-corrected chi connectivity index (χ0v) is 9.22. The van der Waals surface area contributed by atoms with E-state index in [2.05, 4.69) is 18.2 Å². The molecular formula is C12H16NO3. The normalized spacial score (nSPS) is 17.8. The van der Waals surface area contributed by atoms with Crippen molar-refractivity contribution in [2.24, 2.45) is 0 Å². The van der Waals surface area contributed by atoms with Gasteiger partial charge in [-0.25, -0.2) is 0 Å². The van der Waals surface area contributed by atoms with Crippen molar-refractivity contribution in [2.75, 3.05) is 6.54 Å². The van der Waals surface area contributed by atoms with Crippen LogP contribution in [0.1, 0.15) is 19.3 Å². The van der Waals surface area contributed by atoms with Crippen molar-refractivity contribution in [1.29, 1.82) is 0 Å². The summed E-state index contributed by atoms with van der Waals surface area (Å²) in [6, 6.07) is -0.202. The van der Waals surface area contributed by atoms with Crippen LogP contribution in [0.5, 0.6) is 0 Å². The number of hydrogen-bond donors (Lipinski definition) is 0. The van der Waals surface area contributed by atoms with Gasteiger partial charge in [-0.05, 0) is 13.3 Å². The molecule has 0 aromatic rings. The zero-order chi connectivity index (χ0) is 12.0. The molecule has 1 aliphatic rings. The summed E-state index contributed by atoms with van der Waals surface area (Å²) in [6.45, 7) is 7.89. The van der Waals surface area contributed by atoms with Crippen molar-refractivity contribution >= 4 is 11.9 Å². The Balaban J connectivity index is 2.35. The fourth-order valence-corrected chi connectivity index (χ4v) is 1.59. The van der Waals surface area contributed by atoms with Gasteiger partial charge in [-0.3, -0.25) is 9.59 Å². The summed E-state index contributed by atoms with van der Waals surface area (Å²) in [7, 11) is 0. The van der Waals surface area contributed by atoms with Crippen LogP contribution in [0.25, 0.3) is 0 Å². The fourth-order valence-electron chi connectivity index (χ4n) is 1.59. The van der Waals surface area contributed by atoms with E-state index in [1.807, 2.05) is 0 Å². The van der Waals surface area contributed by atoms with Crippen molar-refractivity contribution in [3.63, 3.8) is 0 Å². The highest BCUT2D eigenvalue weighted by molar-refractivity contribution is 5.78. The Hall–Kier alpha value is -1.58. The maximum absolute atomic E-state index is 11.4. The third-order valence-electron chi connectivity index (χ3n) is 2.37. The number of amides is 1.